The highest BCUT2D eigenvalue weighted by Gasteiger charge is 2.16. The first kappa shape index (κ1) is 15.3. The molecule has 1 amide bonds. The number of hydrogen-bond donors (Lipinski definition) is 1. The van der Waals surface area contributed by atoms with Crippen LogP contribution in [-0.4, -0.2) is 41.6 Å². The molecule has 0 rings (SSSR count). The van der Waals surface area contributed by atoms with Crippen molar-refractivity contribution in [3.05, 3.63) is 0 Å². The summed E-state index contributed by atoms with van der Waals surface area (Å²) in [5.41, 5.74) is 5.52. The van der Waals surface area contributed by atoms with E-state index in [-0.39, 0.29) is 24.5 Å². The summed E-state index contributed by atoms with van der Waals surface area (Å²) in [6.07, 6.45) is 0.0654. The smallest absolute Gasteiger partial charge is 0.248 e. The summed E-state index contributed by atoms with van der Waals surface area (Å²) in [6, 6.07) is 0. The summed E-state index contributed by atoms with van der Waals surface area (Å²) >= 11 is 4.89. The van der Waals surface area contributed by atoms with Crippen LogP contribution in [0.3, 0.4) is 0 Å². The van der Waals surface area contributed by atoms with Crippen LogP contribution in [0.5, 0.6) is 0 Å². The van der Waals surface area contributed by atoms with Crippen LogP contribution in [0.4, 0.5) is 0 Å². The van der Waals surface area contributed by atoms with Gasteiger partial charge in [-0.1, -0.05) is 19.1 Å². The first-order chi connectivity index (χ1) is 7.38. The molecule has 0 aliphatic heterocycles. The van der Waals surface area contributed by atoms with E-state index in [2.05, 4.69) is 0 Å². The molecule has 0 aromatic carbocycles. The maximum absolute atomic E-state index is 11.8. The normalized spacial score (nSPS) is 12.6. The highest BCUT2D eigenvalue weighted by atomic mass is 32.1. The van der Waals surface area contributed by atoms with Gasteiger partial charge in [-0.05, 0) is 20.8 Å². The molecule has 2 N–H and O–H groups in total. The van der Waals surface area contributed by atoms with Crippen molar-refractivity contribution in [1.82, 2.24) is 4.90 Å². The molecule has 0 radical (unpaired) electrons. The number of thiocarbonyl (C=S) groups is 1. The molecule has 5 heteroatoms. The van der Waals surface area contributed by atoms with E-state index in [1.165, 1.54) is 0 Å². The zero-order chi connectivity index (χ0) is 12.7. The van der Waals surface area contributed by atoms with Gasteiger partial charge >= 0.3 is 0 Å². The predicted molar refractivity (Wildman–Crippen MR) is 69.3 cm³/mol. The Morgan fingerprint density at radius 1 is 1.44 bits per heavy atom. The Kier molecular flexibility index (Phi) is 7.25. The van der Waals surface area contributed by atoms with Gasteiger partial charge in [0.2, 0.25) is 5.91 Å². The molecule has 1 atom stereocenters. The van der Waals surface area contributed by atoms with Gasteiger partial charge in [-0.15, -0.1) is 0 Å². The Morgan fingerprint density at radius 3 is 2.38 bits per heavy atom. The van der Waals surface area contributed by atoms with Crippen LogP contribution >= 0.6 is 12.2 Å². The molecule has 4 nitrogen and oxygen atoms in total. The molecule has 0 saturated heterocycles. The van der Waals surface area contributed by atoms with E-state index >= 15 is 0 Å². The monoisotopic (exact) mass is 246 g/mol. The van der Waals surface area contributed by atoms with E-state index in [0.717, 1.165) is 0 Å². The molecule has 16 heavy (non-hydrogen) atoms. The summed E-state index contributed by atoms with van der Waals surface area (Å²) in [4.78, 5) is 13.9. The average Bonchev–Trinajstić information content (AvgIpc) is 2.21. The first-order valence-corrected chi connectivity index (χ1v) is 5.98. The van der Waals surface area contributed by atoms with Gasteiger partial charge in [-0.2, -0.15) is 0 Å². The van der Waals surface area contributed by atoms with E-state index < -0.39 is 0 Å². The third-order valence-electron chi connectivity index (χ3n) is 2.25. The lowest BCUT2D eigenvalue weighted by Gasteiger charge is -2.24. The maximum Gasteiger partial charge on any atom is 0.248 e. The van der Waals surface area contributed by atoms with E-state index in [1.807, 2.05) is 27.7 Å². The van der Waals surface area contributed by atoms with Gasteiger partial charge in [0, 0.05) is 19.0 Å². The number of nitrogens with two attached hydrogens (primary N) is 1. The van der Waals surface area contributed by atoms with Crippen LogP contribution in [0.25, 0.3) is 0 Å². The lowest BCUT2D eigenvalue weighted by molar-refractivity contribution is -0.137. The fraction of sp³-hybridized carbons (Fsp3) is 0.818. The molecule has 0 heterocycles. The van der Waals surface area contributed by atoms with E-state index in [0.29, 0.717) is 18.1 Å². The largest absolute Gasteiger partial charge is 0.393 e. The van der Waals surface area contributed by atoms with Crippen molar-refractivity contribution >= 4 is 23.1 Å². The number of amides is 1. The van der Waals surface area contributed by atoms with Gasteiger partial charge < -0.3 is 15.4 Å². The van der Waals surface area contributed by atoms with E-state index in [9.17, 15) is 4.79 Å². The SMILES string of the molecule is CCN(CC(C)C(N)=S)C(=O)COC(C)C. The Bertz CT molecular complexity index is 244. The standard InChI is InChI=1S/C11H22N2O2S/c1-5-13(6-9(4)11(12)16)10(14)7-15-8(2)3/h8-9H,5-7H2,1-4H3,(H2,12,16). The molecule has 0 aliphatic carbocycles. The van der Waals surface area contributed by atoms with Crippen LogP contribution in [0, 0.1) is 5.92 Å². The minimum atomic E-state index is -0.0145. The Balaban J connectivity index is 4.16. The van der Waals surface area contributed by atoms with Crippen molar-refractivity contribution in [2.45, 2.75) is 33.8 Å². The summed E-state index contributed by atoms with van der Waals surface area (Å²) < 4.78 is 5.27. The van der Waals surface area contributed by atoms with Crippen LogP contribution < -0.4 is 5.73 Å². The molecule has 94 valence electrons. The lowest BCUT2D eigenvalue weighted by Crippen LogP contribution is -2.40. The zero-order valence-corrected chi connectivity index (χ0v) is 11.3. The highest BCUT2D eigenvalue weighted by molar-refractivity contribution is 7.80. The third-order valence-corrected chi connectivity index (χ3v) is 2.66. The van der Waals surface area contributed by atoms with Gasteiger partial charge in [0.25, 0.3) is 0 Å². The van der Waals surface area contributed by atoms with Crippen molar-refractivity contribution in [2.75, 3.05) is 19.7 Å². The Hall–Kier alpha value is -0.680. The third kappa shape index (κ3) is 6.02. The number of nitrogens with zero attached hydrogens (tertiary/aromatic N) is 1. The predicted octanol–water partition coefficient (Wildman–Crippen LogP) is 1.18. The average molecular weight is 246 g/mol. The molecular weight excluding hydrogens is 224 g/mol. The number of rotatable bonds is 7. The molecule has 0 fully saturated rings. The minimum absolute atomic E-state index is 0.0145. The fourth-order valence-electron chi connectivity index (χ4n) is 1.16. The van der Waals surface area contributed by atoms with Gasteiger partial charge in [-0.3, -0.25) is 4.79 Å². The molecular formula is C11H22N2O2S. The number of carbonyl (C=O) groups excluding carboxylic acids is 1. The van der Waals surface area contributed by atoms with Crippen LogP contribution in [0.15, 0.2) is 0 Å². The zero-order valence-electron chi connectivity index (χ0n) is 10.5. The number of hydrogen-bond acceptors (Lipinski definition) is 3. The lowest BCUT2D eigenvalue weighted by atomic mass is 10.1. The van der Waals surface area contributed by atoms with Crippen molar-refractivity contribution in [2.24, 2.45) is 11.7 Å². The van der Waals surface area contributed by atoms with Crippen molar-refractivity contribution in [1.29, 1.82) is 0 Å². The van der Waals surface area contributed by atoms with Crippen LogP contribution in [0.1, 0.15) is 27.7 Å². The number of ether oxygens (including phenoxy) is 1. The molecule has 0 aromatic rings. The summed E-state index contributed by atoms with van der Waals surface area (Å²) in [5.74, 6) is 0.0252. The molecule has 0 saturated carbocycles. The number of carbonyl (C=O) groups is 1. The minimum Gasteiger partial charge on any atom is -0.393 e. The van der Waals surface area contributed by atoms with Gasteiger partial charge in [0.05, 0.1) is 11.1 Å². The molecule has 1 unspecified atom stereocenters. The second kappa shape index (κ2) is 7.57. The Labute approximate surface area is 103 Å². The molecule has 0 spiro atoms. The van der Waals surface area contributed by atoms with Crippen molar-refractivity contribution in [3.63, 3.8) is 0 Å². The molecule has 0 aliphatic rings. The second-order valence-corrected chi connectivity index (χ2v) is 4.57. The second-order valence-electron chi connectivity index (χ2n) is 4.10. The summed E-state index contributed by atoms with van der Waals surface area (Å²) in [6.45, 7) is 8.98. The summed E-state index contributed by atoms with van der Waals surface area (Å²) in [7, 11) is 0. The molecule has 0 bridgehead atoms. The fourth-order valence-corrected chi connectivity index (χ4v) is 1.23. The van der Waals surface area contributed by atoms with Gasteiger partial charge in [-0.25, -0.2) is 0 Å². The van der Waals surface area contributed by atoms with Crippen LogP contribution in [-0.2, 0) is 9.53 Å². The van der Waals surface area contributed by atoms with Crippen LogP contribution in [0.2, 0.25) is 0 Å². The van der Waals surface area contributed by atoms with E-state index in [4.69, 9.17) is 22.7 Å². The quantitative estimate of drug-likeness (QED) is 0.685. The topological polar surface area (TPSA) is 55.6 Å². The van der Waals surface area contributed by atoms with E-state index in [1.54, 1.807) is 4.90 Å². The highest BCUT2D eigenvalue weighted by Crippen LogP contribution is 2.02. The summed E-state index contributed by atoms with van der Waals surface area (Å²) in [5, 5.41) is 0. The van der Waals surface area contributed by atoms with Crippen molar-refractivity contribution < 1.29 is 9.53 Å². The van der Waals surface area contributed by atoms with Crippen molar-refractivity contribution in [3.8, 4) is 0 Å². The molecule has 0 aromatic heterocycles. The van der Waals surface area contributed by atoms with Gasteiger partial charge in [0.15, 0.2) is 0 Å². The van der Waals surface area contributed by atoms with Gasteiger partial charge in [0.1, 0.15) is 6.61 Å². The number of likely N-dealkylation sites (N-methyl/N-ethyl adjacent to an activating group) is 1. The first-order valence-electron chi connectivity index (χ1n) is 5.57. The maximum atomic E-state index is 11.8. The Morgan fingerprint density at radius 2 is 2.00 bits per heavy atom.